The quantitative estimate of drug-likeness (QED) is 0.854. The number of benzene rings is 1. The van der Waals surface area contributed by atoms with Crippen molar-refractivity contribution in [1.29, 1.82) is 0 Å². The Bertz CT molecular complexity index is 605. The molecule has 0 aliphatic heterocycles. The molecule has 0 saturated heterocycles. The zero-order chi connectivity index (χ0) is 15.2. The Kier molecular flexibility index (Phi) is 5.35. The van der Waals surface area contributed by atoms with Crippen molar-refractivity contribution in [3.05, 3.63) is 52.0 Å². The average molecular weight is 312 g/mol. The van der Waals surface area contributed by atoms with E-state index < -0.39 is 17.6 Å². The number of aromatic nitrogens is 1. The molecule has 0 aliphatic carbocycles. The minimum Gasteiger partial charge on any atom is -0.481 e. The van der Waals surface area contributed by atoms with Crippen molar-refractivity contribution in [3.63, 3.8) is 0 Å². The fourth-order valence-electron chi connectivity index (χ4n) is 1.90. The van der Waals surface area contributed by atoms with E-state index in [0.717, 1.165) is 11.1 Å². The second kappa shape index (κ2) is 7.24. The smallest absolute Gasteiger partial charge is 0.304 e. The predicted octanol–water partition coefficient (Wildman–Crippen LogP) is 2.90. The lowest BCUT2D eigenvalue weighted by Gasteiger charge is -2.20. The summed E-state index contributed by atoms with van der Waals surface area (Å²) in [6.07, 6.45) is 1.58. The molecule has 0 spiro atoms. The lowest BCUT2D eigenvalue weighted by atomic mass is 10.2. The van der Waals surface area contributed by atoms with Gasteiger partial charge in [-0.05, 0) is 6.07 Å². The monoisotopic (exact) mass is 312 g/mol. The summed E-state index contributed by atoms with van der Waals surface area (Å²) in [7, 11) is 0. The number of hydrogen-bond donors (Lipinski definition) is 1. The fraction of sp³-hybridized carbons (Fsp3) is 0.286. The number of aliphatic carboxylic acids is 1. The van der Waals surface area contributed by atoms with Gasteiger partial charge in [-0.2, -0.15) is 0 Å². The SMILES string of the molecule is O=C(O)CCN(Cc1nccs1)Cc1cccc(F)c1F. The van der Waals surface area contributed by atoms with Gasteiger partial charge in [0.1, 0.15) is 5.01 Å². The Morgan fingerprint density at radius 1 is 1.33 bits per heavy atom. The number of rotatable bonds is 7. The van der Waals surface area contributed by atoms with E-state index in [1.807, 2.05) is 5.38 Å². The molecular weight excluding hydrogens is 298 g/mol. The first-order valence-corrected chi connectivity index (χ1v) is 7.19. The van der Waals surface area contributed by atoms with Crippen LogP contribution in [0.1, 0.15) is 17.0 Å². The molecule has 1 aromatic carbocycles. The molecule has 1 aromatic heterocycles. The third-order valence-electron chi connectivity index (χ3n) is 2.91. The highest BCUT2D eigenvalue weighted by molar-refractivity contribution is 7.09. The van der Waals surface area contributed by atoms with Gasteiger partial charge in [0.25, 0.3) is 0 Å². The second-order valence-electron chi connectivity index (χ2n) is 4.49. The topological polar surface area (TPSA) is 53.4 Å². The number of carboxylic acids is 1. The van der Waals surface area contributed by atoms with Crippen LogP contribution in [0.4, 0.5) is 8.78 Å². The van der Waals surface area contributed by atoms with Crippen molar-refractivity contribution >= 4 is 17.3 Å². The maximum atomic E-state index is 13.7. The van der Waals surface area contributed by atoms with Gasteiger partial charge in [0, 0.05) is 30.2 Å². The highest BCUT2D eigenvalue weighted by Gasteiger charge is 2.14. The molecule has 112 valence electrons. The van der Waals surface area contributed by atoms with Gasteiger partial charge in [-0.3, -0.25) is 9.69 Å². The van der Waals surface area contributed by atoms with E-state index in [1.54, 1.807) is 11.1 Å². The first-order chi connectivity index (χ1) is 10.1. The van der Waals surface area contributed by atoms with Gasteiger partial charge in [0.2, 0.25) is 0 Å². The van der Waals surface area contributed by atoms with Gasteiger partial charge in [-0.25, -0.2) is 13.8 Å². The van der Waals surface area contributed by atoms with E-state index in [1.165, 1.54) is 23.5 Å². The summed E-state index contributed by atoms with van der Waals surface area (Å²) in [5.74, 6) is -2.73. The summed E-state index contributed by atoms with van der Waals surface area (Å²) in [5, 5.41) is 11.4. The lowest BCUT2D eigenvalue weighted by molar-refractivity contribution is -0.137. The van der Waals surface area contributed by atoms with Gasteiger partial charge < -0.3 is 5.11 Å². The average Bonchev–Trinajstić information content (AvgIpc) is 2.94. The molecule has 0 radical (unpaired) electrons. The van der Waals surface area contributed by atoms with Crippen molar-refractivity contribution < 1.29 is 18.7 Å². The summed E-state index contributed by atoms with van der Waals surface area (Å²) < 4.78 is 26.9. The van der Waals surface area contributed by atoms with E-state index >= 15 is 0 Å². The normalized spacial score (nSPS) is 11.0. The molecule has 0 amide bonds. The van der Waals surface area contributed by atoms with E-state index in [0.29, 0.717) is 6.54 Å². The van der Waals surface area contributed by atoms with E-state index in [4.69, 9.17) is 5.11 Å². The molecular formula is C14H14F2N2O2S. The zero-order valence-electron chi connectivity index (χ0n) is 11.1. The third-order valence-corrected chi connectivity index (χ3v) is 3.67. The summed E-state index contributed by atoms with van der Waals surface area (Å²) in [5.41, 5.74) is 0.206. The minimum absolute atomic E-state index is 0.0672. The lowest BCUT2D eigenvalue weighted by Crippen LogP contribution is -2.26. The van der Waals surface area contributed by atoms with E-state index in [2.05, 4.69) is 4.98 Å². The van der Waals surface area contributed by atoms with Crippen molar-refractivity contribution in [1.82, 2.24) is 9.88 Å². The largest absolute Gasteiger partial charge is 0.481 e. The minimum atomic E-state index is -0.932. The number of nitrogens with zero attached hydrogens (tertiary/aromatic N) is 2. The van der Waals surface area contributed by atoms with Crippen LogP contribution in [0.2, 0.25) is 0 Å². The van der Waals surface area contributed by atoms with Gasteiger partial charge >= 0.3 is 5.97 Å². The van der Waals surface area contributed by atoms with Gasteiger partial charge in [0.05, 0.1) is 13.0 Å². The van der Waals surface area contributed by atoms with Crippen LogP contribution in [0.15, 0.2) is 29.8 Å². The Morgan fingerprint density at radius 2 is 2.14 bits per heavy atom. The van der Waals surface area contributed by atoms with Crippen LogP contribution < -0.4 is 0 Å². The Hall–Kier alpha value is -1.86. The van der Waals surface area contributed by atoms with Crippen molar-refractivity contribution in [2.24, 2.45) is 0 Å². The number of halogens is 2. The maximum absolute atomic E-state index is 13.7. The zero-order valence-corrected chi connectivity index (χ0v) is 11.9. The summed E-state index contributed by atoms with van der Waals surface area (Å²) in [6.45, 7) is 0.780. The Balaban J connectivity index is 2.10. The molecule has 0 bridgehead atoms. The highest BCUT2D eigenvalue weighted by atomic mass is 32.1. The number of thiazole rings is 1. The molecule has 0 fully saturated rings. The summed E-state index contributed by atoms with van der Waals surface area (Å²) >= 11 is 1.44. The first kappa shape index (κ1) is 15.5. The van der Waals surface area contributed by atoms with E-state index in [9.17, 15) is 13.6 Å². The standard InChI is InChI=1S/C14H14F2N2O2S/c15-11-3-1-2-10(14(11)16)8-18(6-4-13(19)20)9-12-17-5-7-21-12/h1-3,5,7H,4,6,8-9H2,(H,19,20). The van der Waals surface area contributed by atoms with Crippen LogP contribution in [-0.4, -0.2) is 27.5 Å². The van der Waals surface area contributed by atoms with Crippen LogP contribution in [0.3, 0.4) is 0 Å². The van der Waals surface area contributed by atoms with Crippen LogP contribution in [-0.2, 0) is 17.9 Å². The molecule has 2 aromatic rings. The van der Waals surface area contributed by atoms with Crippen LogP contribution in [0.5, 0.6) is 0 Å². The second-order valence-corrected chi connectivity index (χ2v) is 5.47. The molecule has 0 aliphatic rings. The highest BCUT2D eigenvalue weighted by Crippen LogP contribution is 2.16. The van der Waals surface area contributed by atoms with Crippen LogP contribution in [0.25, 0.3) is 0 Å². The van der Waals surface area contributed by atoms with Crippen molar-refractivity contribution in [3.8, 4) is 0 Å². The molecule has 2 rings (SSSR count). The van der Waals surface area contributed by atoms with Crippen molar-refractivity contribution in [2.75, 3.05) is 6.54 Å². The first-order valence-electron chi connectivity index (χ1n) is 6.31. The van der Waals surface area contributed by atoms with E-state index in [-0.39, 0.29) is 25.1 Å². The molecule has 1 N–H and O–H groups in total. The predicted molar refractivity (Wildman–Crippen MR) is 74.8 cm³/mol. The number of carboxylic acid groups (broad SMARTS) is 1. The molecule has 0 unspecified atom stereocenters. The number of carbonyl (C=O) groups is 1. The molecule has 0 saturated carbocycles. The van der Waals surface area contributed by atoms with Gasteiger partial charge in [-0.15, -0.1) is 11.3 Å². The summed E-state index contributed by atoms with van der Waals surface area (Å²) in [4.78, 5) is 16.6. The molecule has 4 nitrogen and oxygen atoms in total. The fourth-order valence-corrected chi connectivity index (χ4v) is 2.56. The molecule has 21 heavy (non-hydrogen) atoms. The van der Waals surface area contributed by atoms with Crippen molar-refractivity contribution in [2.45, 2.75) is 19.5 Å². The molecule has 7 heteroatoms. The maximum Gasteiger partial charge on any atom is 0.304 e. The molecule has 1 heterocycles. The van der Waals surface area contributed by atoms with Crippen LogP contribution >= 0.6 is 11.3 Å². The van der Waals surface area contributed by atoms with Crippen LogP contribution in [0, 0.1) is 11.6 Å². The molecule has 0 atom stereocenters. The number of hydrogen-bond acceptors (Lipinski definition) is 4. The third kappa shape index (κ3) is 4.57. The Morgan fingerprint density at radius 3 is 2.81 bits per heavy atom. The van der Waals surface area contributed by atoms with Gasteiger partial charge in [-0.1, -0.05) is 12.1 Å². The van der Waals surface area contributed by atoms with Gasteiger partial charge in [0.15, 0.2) is 11.6 Å². The Labute approximate surface area is 124 Å². The summed E-state index contributed by atoms with van der Waals surface area (Å²) in [6, 6.07) is 3.99.